The summed E-state index contributed by atoms with van der Waals surface area (Å²) in [6, 6.07) is 5.41. The Labute approximate surface area is 213 Å². The smallest absolute Gasteiger partial charge is 0.308 e. The normalized spacial score (nSPS) is 21.1. The van der Waals surface area contributed by atoms with Gasteiger partial charge in [0, 0.05) is 50.5 Å². The number of carbonyl (C=O) groups excluding carboxylic acids is 1. The second kappa shape index (κ2) is 12.3. The molecule has 0 bridgehead atoms. The first-order chi connectivity index (χ1) is 17.5. The average molecular weight is 499 g/mol. The highest BCUT2D eigenvalue weighted by Crippen LogP contribution is 2.42. The number of rotatable bonds is 13. The van der Waals surface area contributed by atoms with Crippen molar-refractivity contribution in [1.29, 1.82) is 0 Å². The number of hydrogen-bond acceptors (Lipinski definition) is 6. The van der Waals surface area contributed by atoms with Crippen molar-refractivity contribution in [2.24, 2.45) is 5.92 Å². The predicted octanol–water partition coefficient (Wildman–Crippen LogP) is 3.60. The number of ether oxygens (including phenoxy) is 2. The predicted molar refractivity (Wildman–Crippen MR) is 135 cm³/mol. The van der Waals surface area contributed by atoms with E-state index in [4.69, 9.17) is 9.47 Å². The van der Waals surface area contributed by atoms with Crippen LogP contribution in [0.4, 0.5) is 0 Å². The molecule has 36 heavy (non-hydrogen) atoms. The van der Waals surface area contributed by atoms with Crippen molar-refractivity contribution in [2.75, 3.05) is 33.0 Å². The molecule has 2 aromatic rings. The van der Waals surface area contributed by atoms with Crippen LogP contribution in [0.5, 0.6) is 11.5 Å². The van der Waals surface area contributed by atoms with E-state index in [-0.39, 0.29) is 31.2 Å². The SMILES string of the molecule is CCCCN(CCCC)C(=O)CN1C[C@H](c2ccc3c(c2)OCO3)[C@@H](C(=O)O)[C@@H]1CCn1ccnc1. The molecule has 1 N–H and O–H groups in total. The molecule has 3 heterocycles. The number of aromatic nitrogens is 2. The van der Waals surface area contributed by atoms with Crippen molar-refractivity contribution < 1.29 is 24.2 Å². The second-order valence-corrected chi connectivity index (χ2v) is 9.76. The summed E-state index contributed by atoms with van der Waals surface area (Å²) in [5.74, 6) is -0.322. The van der Waals surface area contributed by atoms with Gasteiger partial charge in [0.25, 0.3) is 0 Å². The highest BCUT2D eigenvalue weighted by molar-refractivity contribution is 5.79. The number of carboxylic acid groups (broad SMARTS) is 1. The molecule has 1 aromatic heterocycles. The molecule has 0 saturated carbocycles. The van der Waals surface area contributed by atoms with Gasteiger partial charge in [-0.25, -0.2) is 4.98 Å². The number of benzene rings is 1. The third kappa shape index (κ3) is 6.00. The summed E-state index contributed by atoms with van der Waals surface area (Å²) in [5, 5.41) is 10.4. The van der Waals surface area contributed by atoms with Gasteiger partial charge in [0.1, 0.15) is 0 Å². The molecule has 0 unspecified atom stereocenters. The molecule has 0 radical (unpaired) electrons. The van der Waals surface area contributed by atoms with E-state index in [2.05, 4.69) is 23.7 Å². The summed E-state index contributed by atoms with van der Waals surface area (Å²) < 4.78 is 13.0. The highest BCUT2D eigenvalue weighted by Gasteiger charge is 2.47. The molecule has 1 fully saturated rings. The lowest BCUT2D eigenvalue weighted by atomic mass is 9.84. The molecule has 2 aliphatic rings. The Bertz CT molecular complexity index is 1000. The minimum Gasteiger partial charge on any atom is -0.481 e. The largest absolute Gasteiger partial charge is 0.481 e. The Hall–Kier alpha value is -3.07. The van der Waals surface area contributed by atoms with Gasteiger partial charge in [-0.05, 0) is 37.0 Å². The molecule has 2 aliphatic heterocycles. The Morgan fingerprint density at radius 3 is 2.56 bits per heavy atom. The fraction of sp³-hybridized carbons (Fsp3) is 0.593. The van der Waals surface area contributed by atoms with Gasteiger partial charge in [0.2, 0.25) is 12.7 Å². The minimum absolute atomic E-state index is 0.0833. The number of imidazole rings is 1. The summed E-state index contributed by atoms with van der Waals surface area (Å²) in [7, 11) is 0. The van der Waals surface area contributed by atoms with E-state index in [0.29, 0.717) is 31.0 Å². The van der Waals surface area contributed by atoms with Crippen LogP contribution < -0.4 is 9.47 Å². The van der Waals surface area contributed by atoms with E-state index >= 15 is 0 Å². The number of amides is 1. The number of nitrogens with zero attached hydrogens (tertiary/aromatic N) is 4. The van der Waals surface area contributed by atoms with Gasteiger partial charge in [-0.2, -0.15) is 0 Å². The third-order valence-corrected chi connectivity index (χ3v) is 7.35. The first-order valence-corrected chi connectivity index (χ1v) is 13.1. The van der Waals surface area contributed by atoms with Gasteiger partial charge >= 0.3 is 5.97 Å². The van der Waals surface area contributed by atoms with Gasteiger partial charge < -0.3 is 24.0 Å². The Morgan fingerprint density at radius 2 is 1.89 bits per heavy atom. The van der Waals surface area contributed by atoms with E-state index in [1.165, 1.54) is 0 Å². The van der Waals surface area contributed by atoms with Gasteiger partial charge in [0.15, 0.2) is 11.5 Å². The van der Waals surface area contributed by atoms with Crippen LogP contribution in [0.15, 0.2) is 36.9 Å². The maximum Gasteiger partial charge on any atom is 0.308 e. The van der Waals surface area contributed by atoms with Crippen LogP contribution in [-0.2, 0) is 16.1 Å². The number of unbranched alkanes of at least 4 members (excludes halogenated alkanes) is 2. The maximum atomic E-state index is 13.4. The summed E-state index contributed by atoms with van der Waals surface area (Å²) in [6.07, 6.45) is 9.96. The van der Waals surface area contributed by atoms with Crippen molar-refractivity contribution in [1.82, 2.24) is 19.4 Å². The van der Waals surface area contributed by atoms with Crippen LogP contribution in [0, 0.1) is 5.92 Å². The number of likely N-dealkylation sites (tertiary alicyclic amines) is 1. The molecule has 9 heteroatoms. The fourth-order valence-electron chi connectivity index (χ4n) is 5.37. The number of carboxylic acids is 1. The summed E-state index contributed by atoms with van der Waals surface area (Å²) in [4.78, 5) is 34.3. The zero-order valence-corrected chi connectivity index (χ0v) is 21.3. The standard InChI is InChI=1S/C27H38N4O5/c1-3-5-11-30(12-6-4-2)25(32)17-31-16-21(20-7-8-23-24(15-20)36-19-35-23)26(27(33)34)22(31)9-13-29-14-10-28-18-29/h7-8,10,14-15,18,21-22,26H,3-6,9,11-13,16-17,19H2,1-2H3,(H,33,34)/t21-,22+,26-/m1/s1. The van der Waals surface area contributed by atoms with E-state index in [1.807, 2.05) is 33.9 Å². The van der Waals surface area contributed by atoms with E-state index in [9.17, 15) is 14.7 Å². The summed E-state index contributed by atoms with van der Waals surface area (Å²) >= 11 is 0. The first-order valence-electron chi connectivity index (χ1n) is 13.1. The molecule has 196 valence electrons. The van der Waals surface area contributed by atoms with Crippen molar-refractivity contribution in [3.8, 4) is 11.5 Å². The lowest BCUT2D eigenvalue weighted by Gasteiger charge is -2.30. The quantitative estimate of drug-likeness (QED) is 0.451. The topological polar surface area (TPSA) is 97.1 Å². The van der Waals surface area contributed by atoms with E-state index < -0.39 is 11.9 Å². The minimum atomic E-state index is -0.836. The molecule has 4 rings (SSSR count). The van der Waals surface area contributed by atoms with Crippen molar-refractivity contribution in [3.05, 3.63) is 42.5 Å². The molecule has 3 atom stereocenters. The second-order valence-electron chi connectivity index (χ2n) is 9.76. The third-order valence-electron chi connectivity index (χ3n) is 7.35. The summed E-state index contributed by atoms with van der Waals surface area (Å²) in [5.41, 5.74) is 0.906. The molecule has 1 aromatic carbocycles. The average Bonchev–Trinajstić information content (AvgIpc) is 3.62. The lowest BCUT2D eigenvalue weighted by Crippen LogP contribution is -2.45. The van der Waals surface area contributed by atoms with Crippen LogP contribution in [0.1, 0.15) is 57.4 Å². The number of aryl methyl sites for hydroxylation is 1. The maximum absolute atomic E-state index is 13.4. The molecule has 0 aliphatic carbocycles. The Morgan fingerprint density at radius 1 is 1.14 bits per heavy atom. The summed E-state index contributed by atoms with van der Waals surface area (Å²) in [6.45, 7) is 7.30. The van der Waals surface area contributed by atoms with Gasteiger partial charge in [0.05, 0.1) is 18.8 Å². The number of hydrogen-bond donors (Lipinski definition) is 1. The molecular weight excluding hydrogens is 460 g/mol. The number of carbonyl (C=O) groups is 2. The zero-order chi connectivity index (χ0) is 25.5. The van der Waals surface area contributed by atoms with E-state index in [1.54, 1.807) is 12.5 Å². The van der Waals surface area contributed by atoms with Crippen molar-refractivity contribution >= 4 is 11.9 Å². The number of fused-ring (bicyclic) bond motifs is 1. The van der Waals surface area contributed by atoms with Crippen LogP contribution in [0.2, 0.25) is 0 Å². The van der Waals surface area contributed by atoms with Crippen molar-refractivity contribution in [2.45, 2.75) is 64.5 Å². The van der Waals surface area contributed by atoms with E-state index in [0.717, 1.165) is 44.3 Å². The Balaban J connectivity index is 1.58. The molecule has 0 spiro atoms. The van der Waals surface area contributed by atoms with Crippen LogP contribution in [0.25, 0.3) is 0 Å². The fourth-order valence-corrected chi connectivity index (χ4v) is 5.37. The molecule has 9 nitrogen and oxygen atoms in total. The zero-order valence-electron chi connectivity index (χ0n) is 21.3. The van der Waals surface area contributed by atoms with Crippen LogP contribution in [0.3, 0.4) is 0 Å². The van der Waals surface area contributed by atoms with Crippen molar-refractivity contribution in [3.63, 3.8) is 0 Å². The van der Waals surface area contributed by atoms with Crippen LogP contribution in [-0.4, -0.2) is 75.3 Å². The molecule has 1 amide bonds. The van der Waals surface area contributed by atoms with Gasteiger partial charge in [-0.3, -0.25) is 14.5 Å². The van der Waals surface area contributed by atoms with Crippen LogP contribution >= 0.6 is 0 Å². The highest BCUT2D eigenvalue weighted by atomic mass is 16.7. The lowest BCUT2D eigenvalue weighted by molar-refractivity contribution is -0.144. The molecular formula is C27H38N4O5. The van der Waals surface area contributed by atoms with Gasteiger partial charge in [-0.15, -0.1) is 0 Å². The first kappa shape index (κ1) is 26.0. The van der Waals surface area contributed by atoms with Gasteiger partial charge in [-0.1, -0.05) is 32.8 Å². The number of aliphatic carboxylic acids is 1. The Kier molecular flexibility index (Phi) is 8.85. The monoisotopic (exact) mass is 498 g/mol. The molecule has 1 saturated heterocycles.